The van der Waals surface area contributed by atoms with Crippen LogP contribution in [0, 0.1) is 5.92 Å². The van der Waals surface area contributed by atoms with E-state index in [-0.39, 0.29) is 36.6 Å². The van der Waals surface area contributed by atoms with E-state index in [1.54, 1.807) is 0 Å². The zero-order valence-electron chi connectivity index (χ0n) is 9.12. The van der Waals surface area contributed by atoms with Crippen LogP contribution >= 0.6 is 0 Å². The molecule has 0 aromatic carbocycles. The van der Waals surface area contributed by atoms with Gasteiger partial charge in [-0.1, -0.05) is 13.8 Å². The van der Waals surface area contributed by atoms with Crippen molar-refractivity contribution in [2.45, 2.75) is 38.8 Å². The molecule has 1 saturated heterocycles. The second kappa shape index (κ2) is 5.23. The first-order chi connectivity index (χ1) is 6.99. The van der Waals surface area contributed by atoms with Gasteiger partial charge in [-0.15, -0.1) is 0 Å². The predicted octanol–water partition coefficient (Wildman–Crippen LogP) is -0.602. The summed E-state index contributed by atoms with van der Waals surface area (Å²) in [5, 5.41) is 15.1. The molecule has 0 aromatic heterocycles. The van der Waals surface area contributed by atoms with E-state index in [1.165, 1.54) is 0 Å². The van der Waals surface area contributed by atoms with Crippen LogP contribution in [0.4, 0.5) is 0 Å². The highest BCUT2D eigenvalue weighted by molar-refractivity contribution is 5.97. The molecular formula is C10H18N2O3. The molecule has 1 fully saturated rings. The first-order valence-corrected chi connectivity index (χ1v) is 5.23. The lowest BCUT2D eigenvalue weighted by Gasteiger charge is -2.26. The van der Waals surface area contributed by atoms with Crippen LogP contribution in [-0.2, 0) is 9.59 Å². The molecule has 0 bridgehead atoms. The molecule has 3 N–H and O–H groups in total. The van der Waals surface area contributed by atoms with Crippen LogP contribution in [0.15, 0.2) is 0 Å². The topological polar surface area (TPSA) is 78.4 Å². The second-order valence-electron chi connectivity index (χ2n) is 4.27. The third-order valence-corrected chi connectivity index (χ3v) is 2.45. The van der Waals surface area contributed by atoms with E-state index >= 15 is 0 Å². The van der Waals surface area contributed by atoms with Gasteiger partial charge in [0.05, 0.1) is 6.10 Å². The average Bonchev–Trinajstić information content (AvgIpc) is 2.12. The summed E-state index contributed by atoms with van der Waals surface area (Å²) in [5.41, 5.74) is 0. The quantitative estimate of drug-likeness (QED) is 0.546. The molecule has 1 atom stereocenters. The van der Waals surface area contributed by atoms with E-state index in [4.69, 9.17) is 0 Å². The number of imide groups is 1. The van der Waals surface area contributed by atoms with Crippen LogP contribution in [0.5, 0.6) is 0 Å². The lowest BCUT2D eigenvalue weighted by atomic mass is 9.91. The van der Waals surface area contributed by atoms with Gasteiger partial charge in [-0.3, -0.25) is 14.9 Å². The number of hydrogen-bond acceptors (Lipinski definition) is 4. The Bertz CT molecular complexity index is 237. The number of hydrogen-bond donors (Lipinski definition) is 3. The fourth-order valence-electron chi connectivity index (χ4n) is 1.60. The summed E-state index contributed by atoms with van der Waals surface area (Å²) < 4.78 is 0. The maximum absolute atomic E-state index is 11.1. The van der Waals surface area contributed by atoms with Crippen molar-refractivity contribution >= 4 is 11.8 Å². The maximum atomic E-state index is 11.1. The molecule has 5 heteroatoms. The lowest BCUT2D eigenvalue weighted by Crippen LogP contribution is -2.45. The molecule has 0 aromatic rings. The monoisotopic (exact) mass is 214 g/mol. The van der Waals surface area contributed by atoms with Crippen molar-refractivity contribution in [3.63, 3.8) is 0 Å². The molecule has 1 aliphatic rings. The van der Waals surface area contributed by atoms with Crippen molar-refractivity contribution < 1.29 is 14.7 Å². The third-order valence-electron chi connectivity index (χ3n) is 2.45. The van der Waals surface area contributed by atoms with E-state index < -0.39 is 6.10 Å². The van der Waals surface area contributed by atoms with Gasteiger partial charge < -0.3 is 10.4 Å². The van der Waals surface area contributed by atoms with Gasteiger partial charge in [-0.2, -0.15) is 0 Å². The average molecular weight is 214 g/mol. The van der Waals surface area contributed by atoms with Crippen LogP contribution in [-0.4, -0.2) is 35.6 Å². The molecule has 15 heavy (non-hydrogen) atoms. The van der Waals surface area contributed by atoms with Gasteiger partial charge >= 0.3 is 0 Å². The number of piperidine rings is 1. The first kappa shape index (κ1) is 12.1. The molecule has 1 unspecified atom stereocenters. The van der Waals surface area contributed by atoms with E-state index in [2.05, 4.69) is 10.6 Å². The number of nitrogens with one attached hydrogen (secondary N) is 2. The van der Waals surface area contributed by atoms with Crippen molar-refractivity contribution in [1.82, 2.24) is 10.6 Å². The molecule has 0 aliphatic carbocycles. The number of carbonyl (C=O) groups is 2. The zero-order chi connectivity index (χ0) is 11.4. The van der Waals surface area contributed by atoms with Gasteiger partial charge in [0.2, 0.25) is 11.8 Å². The van der Waals surface area contributed by atoms with Crippen molar-refractivity contribution in [2.75, 3.05) is 6.54 Å². The summed E-state index contributed by atoms with van der Waals surface area (Å²) in [6.07, 6.45) is -0.179. The second-order valence-corrected chi connectivity index (χ2v) is 4.27. The summed E-state index contributed by atoms with van der Waals surface area (Å²) >= 11 is 0. The zero-order valence-corrected chi connectivity index (χ0v) is 9.12. The van der Waals surface area contributed by atoms with Gasteiger partial charge in [0.1, 0.15) is 0 Å². The molecule has 0 radical (unpaired) electrons. The Hall–Kier alpha value is -0.940. The minimum atomic E-state index is -0.637. The highest BCUT2D eigenvalue weighted by atomic mass is 16.3. The summed E-state index contributed by atoms with van der Waals surface area (Å²) in [6.45, 7) is 4.37. The van der Waals surface area contributed by atoms with Gasteiger partial charge in [0.25, 0.3) is 0 Å². The fourth-order valence-corrected chi connectivity index (χ4v) is 1.60. The van der Waals surface area contributed by atoms with Crippen LogP contribution in [0.2, 0.25) is 0 Å². The first-order valence-electron chi connectivity index (χ1n) is 5.23. The van der Waals surface area contributed by atoms with Crippen LogP contribution < -0.4 is 10.6 Å². The Morgan fingerprint density at radius 1 is 1.40 bits per heavy atom. The number of aliphatic hydroxyl groups excluding tert-OH is 1. The minimum Gasteiger partial charge on any atom is -0.391 e. The number of amides is 2. The molecule has 0 saturated carbocycles. The van der Waals surface area contributed by atoms with Gasteiger partial charge in [0.15, 0.2) is 0 Å². The number of rotatable bonds is 4. The Morgan fingerprint density at radius 2 is 1.93 bits per heavy atom. The van der Waals surface area contributed by atoms with Gasteiger partial charge in [-0.05, 0) is 0 Å². The van der Waals surface area contributed by atoms with Crippen LogP contribution in [0.3, 0.4) is 0 Å². The molecule has 0 spiro atoms. The summed E-state index contributed by atoms with van der Waals surface area (Å²) in [7, 11) is 0. The minimum absolute atomic E-state index is 0.229. The molecule has 1 rings (SSSR count). The van der Waals surface area contributed by atoms with Crippen molar-refractivity contribution in [3.05, 3.63) is 0 Å². The van der Waals surface area contributed by atoms with Crippen LogP contribution in [0.25, 0.3) is 0 Å². The highest BCUT2D eigenvalue weighted by Crippen LogP contribution is 2.17. The highest BCUT2D eigenvalue weighted by Gasteiger charge is 2.29. The largest absolute Gasteiger partial charge is 0.391 e. The Kier molecular flexibility index (Phi) is 4.23. The van der Waals surface area contributed by atoms with E-state index in [9.17, 15) is 14.7 Å². The molecule has 1 aliphatic heterocycles. The third kappa shape index (κ3) is 3.97. The standard InChI is InChI=1S/C10H18N2O3/c1-6(2)11-5-8(13)7-3-9(14)12-10(15)4-7/h6-8,11,13H,3-5H2,1-2H3,(H,12,14,15). The number of aliphatic hydroxyl groups is 1. The smallest absolute Gasteiger partial charge is 0.226 e. The molecule has 1 heterocycles. The lowest BCUT2D eigenvalue weighted by molar-refractivity contribution is -0.136. The molecular weight excluding hydrogens is 196 g/mol. The molecule has 5 nitrogen and oxygen atoms in total. The normalized spacial score (nSPS) is 20.5. The van der Waals surface area contributed by atoms with Crippen LogP contribution in [0.1, 0.15) is 26.7 Å². The van der Waals surface area contributed by atoms with E-state index in [0.29, 0.717) is 6.54 Å². The fraction of sp³-hybridized carbons (Fsp3) is 0.800. The van der Waals surface area contributed by atoms with Gasteiger partial charge in [0, 0.05) is 31.3 Å². The molecule has 2 amide bonds. The summed E-state index contributed by atoms with van der Waals surface area (Å²) in [5.74, 6) is -0.836. The SMILES string of the molecule is CC(C)NCC(O)C1CC(=O)NC(=O)C1. The predicted molar refractivity (Wildman–Crippen MR) is 55.0 cm³/mol. The van der Waals surface area contributed by atoms with Crippen molar-refractivity contribution in [3.8, 4) is 0 Å². The maximum Gasteiger partial charge on any atom is 0.226 e. The van der Waals surface area contributed by atoms with Crippen molar-refractivity contribution in [2.24, 2.45) is 5.92 Å². The summed E-state index contributed by atoms with van der Waals surface area (Å²) in [4.78, 5) is 22.1. The molecule has 86 valence electrons. The van der Waals surface area contributed by atoms with E-state index in [1.807, 2.05) is 13.8 Å². The van der Waals surface area contributed by atoms with E-state index in [0.717, 1.165) is 0 Å². The van der Waals surface area contributed by atoms with Crippen molar-refractivity contribution in [1.29, 1.82) is 0 Å². The van der Waals surface area contributed by atoms with Gasteiger partial charge in [-0.25, -0.2) is 0 Å². The summed E-state index contributed by atoms with van der Waals surface area (Å²) in [6, 6.07) is 0.285. The Morgan fingerprint density at radius 3 is 2.40 bits per heavy atom. The Labute approximate surface area is 89.2 Å². The Balaban J connectivity index is 2.41. The number of carbonyl (C=O) groups excluding carboxylic acids is 2.